The number of hydrogen-bond acceptors (Lipinski definition) is 5. The molecule has 106 valence electrons. The molecule has 1 aliphatic rings. The van der Waals surface area contributed by atoms with Crippen molar-refractivity contribution in [1.29, 1.82) is 0 Å². The largest absolute Gasteiger partial charge is 0.272 e. The van der Waals surface area contributed by atoms with Gasteiger partial charge in [-0.3, -0.25) is 9.63 Å². The van der Waals surface area contributed by atoms with Crippen LogP contribution >= 0.6 is 23.1 Å². The van der Waals surface area contributed by atoms with Crippen molar-refractivity contribution in [2.45, 2.75) is 36.1 Å². The Morgan fingerprint density at radius 3 is 3.00 bits per heavy atom. The number of rotatable bonds is 5. The molecule has 2 aromatic rings. The first-order valence-corrected chi connectivity index (χ1v) is 8.54. The summed E-state index contributed by atoms with van der Waals surface area (Å²) in [5, 5.41) is 0. The number of hydroxylamine groups is 1. The van der Waals surface area contributed by atoms with Crippen LogP contribution in [0.4, 0.5) is 0 Å². The zero-order chi connectivity index (χ0) is 13.8. The number of amides is 1. The maximum absolute atomic E-state index is 11.7. The zero-order valence-corrected chi connectivity index (χ0v) is 12.6. The lowest BCUT2D eigenvalue weighted by molar-refractivity contribution is -0.135. The Bertz CT molecular complexity index is 561. The van der Waals surface area contributed by atoms with Gasteiger partial charge in [0.05, 0.1) is 22.1 Å². The molecule has 0 bridgehead atoms. The molecule has 0 saturated heterocycles. The lowest BCUT2D eigenvalue weighted by Crippen LogP contribution is -2.29. The second kappa shape index (κ2) is 6.56. The molecule has 1 aliphatic carbocycles. The average molecular weight is 308 g/mol. The zero-order valence-electron chi connectivity index (χ0n) is 11.0. The Kier molecular flexibility index (Phi) is 4.54. The van der Waals surface area contributed by atoms with E-state index in [4.69, 9.17) is 4.84 Å². The summed E-state index contributed by atoms with van der Waals surface area (Å²) in [6.07, 6.45) is 4.69. The first-order chi connectivity index (χ1) is 9.81. The molecule has 1 aromatic carbocycles. The van der Waals surface area contributed by atoms with E-state index in [2.05, 4.69) is 10.5 Å². The number of carbonyl (C=O) groups is 1. The Hall–Kier alpha value is -1.11. The van der Waals surface area contributed by atoms with Gasteiger partial charge in [0.15, 0.2) is 4.34 Å². The summed E-state index contributed by atoms with van der Waals surface area (Å²) in [6, 6.07) is 8.00. The number of nitrogens with zero attached hydrogens (tertiary/aromatic N) is 1. The Morgan fingerprint density at radius 1 is 1.40 bits per heavy atom. The third-order valence-electron chi connectivity index (χ3n) is 3.24. The highest BCUT2D eigenvalue weighted by atomic mass is 32.2. The van der Waals surface area contributed by atoms with Crippen molar-refractivity contribution in [1.82, 2.24) is 10.5 Å². The molecule has 6 heteroatoms. The number of aromatic nitrogens is 1. The number of thiazole rings is 1. The second-order valence-corrected chi connectivity index (χ2v) is 7.04. The first-order valence-electron chi connectivity index (χ1n) is 6.74. The topological polar surface area (TPSA) is 51.2 Å². The van der Waals surface area contributed by atoms with Crippen molar-refractivity contribution in [2.24, 2.45) is 0 Å². The monoisotopic (exact) mass is 308 g/mol. The van der Waals surface area contributed by atoms with Crippen molar-refractivity contribution in [3.05, 3.63) is 24.3 Å². The summed E-state index contributed by atoms with van der Waals surface area (Å²) in [5.74, 6) is 0.244. The Morgan fingerprint density at radius 2 is 2.20 bits per heavy atom. The van der Waals surface area contributed by atoms with Crippen molar-refractivity contribution < 1.29 is 9.63 Å². The number of fused-ring (bicyclic) bond motifs is 1. The normalized spacial score (nSPS) is 15.8. The minimum Gasteiger partial charge on any atom is -0.272 e. The van der Waals surface area contributed by atoms with Crippen LogP contribution in [0, 0.1) is 0 Å². The van der Waals surface area contributed by atoms with Gasteiger partial charge in [0.1, 0.15) is 0 Å². The molecule has 20 heavy (non-hydrogen) atoms. The lowest BCUT2D eigenvalue weighted by atomic mass is 10.3. The third-order valence-corrected chi connectivity index (χ3v) is 5.42. The summed E-state index contributed by atoms with van der Waals surface area (Å²) in [5.41, 5.74) is 3.53. The molecular formula is C14H16N2O2S2. The molecule has 0 atom stereocenters. The summed E-state index contributed by atoms with van der Waals surface area (Å²) >= 11 is 3.07. The van der Waals surface area contributed by atoms with Crippen LogP contribution in [-0.4, -0.2) is 22.7 Å². The Balaban J connectivity index is 1.47. The van der Waals surface area contributed by atoms with Crippen LogP contribution in [-0.2, 0) is 9.63 Å². The highest BCUT2D eigenvalue weighted by molar-refractivity contribution is 8.01. The summed E-state index contributed by atoms with van der Waals surface area (Å²) < 4.78 is 2.07. The fraction of sp³-hybridized carbons (Fsp3) is 0.429. The van der Waals surface area contributed by atoms with E-state index < -0.39 is 0 Å². The fourth-order valence-electron chi connectivity index (χ4n) is 2.22. The SMILES string of the molecule is O=C(CSc1nc2ccccc2s1)NOC1CCCC1. The number of para-hydroxylation sites is 1. The Labute approximate surface area is 125 Å². The van der Waals surface area contributed by atoms with E-state index in [-0.39, 0.29) is 12.0 Å². The number of carbonyl (C=O) groups excluding carboxylic acids is 1. The van der Waals surface area contributed by atoms with Crippen molar-refractivity contribution in [3.8, 4) is 0 Å². The molecule has 0 unspecified atom stereocenters. The molecule has 1 aromatic heterocycles. The van der Waals surface area contributed by atoms with Crippen molar-refractivity contribution >= 4 is 39.2 Å². The molecule has 1 N–H and O–H groups in total. The van der Waals surface area contributed by atoms with Crippen LogP contribution in [0.15, 0.2) is 28.6 Å². The van der Waals surface area contributed by atoms with Gasteiger partial charge in [-0.05, 0) is 25.0 Å². The van der Waals surface area contributed by atoms with Gasteiger partial charge in [0, 0.05) is 0 Å². The van der Waals surface area contributed by atoms with Gasteiger partial charge >= 0.3 is 0 Å². The molecule has 0 spiro atoms. The number of benzene rings is 1. The minimum absolute atomic E-state index is 0.0962. The average Bonchev–Trinajstić information content (AvgIpc) is 3.11. The lowest BCUT2D eigenvalue weighted by Gasteiger charge is -2.10. The van der Waals surface area contributed by atoms with Crippen LogP contribution in [0.25, 0.3) is 10.2 Å². The third kappa shape index (κ3) is 3.50. The van der Waals surface area contributed by atoms with Crippen LogP contribution in [0.3, 0.4) is 0 Å². The number of hydrogen-bond donors (Lipinski definition) is 1. The molecule has 1 fully saturated rings. The van der Waals surface area contributed by atoms with Gasteiger partial charge in [-0.2, -0.15) is 0 Å². The van der Waals surface area contributed by atoms with E-state index in [0.29, 0.717) is 5.75 Å². The molecule has 3 rings (SSSR count). The molecule has 0 aliphatic heterocycles. The summed E-state index contributed by atoms with van der Waals surface area (Å²) in [4.78, 5) is 21.6. The molecule has 4 nitrogen and oxygen atoms in total. The summed E-state index contributed by atoms with van der Waals surface area (Å²) in [7, 11) is 0. The second-order valence-electron chi connectivity index (χ2n) is 4.79. The predicted molar refractivity (Wildman–Crippen MR) is 81.8 cm³/mol. The van der Waals surface area contributed by atoms with E-state index >= 15 is 0 Å². The standard InChI is InChI=1S/C14H16N2O2S2/c17-13(16-18-10-5-1-2-6-10)9-19-14-15-11-7-3-4-8-12(11)20-14/h3-4,7-8,10H,1-2,5-6,9H2,(H,16,17). The smallest absolute Gasteiger partial charge is 0.253 e. The van der Waals surface area contributed by atoms with E-state index in [9.17, 15) is 4.79 Å². The fourth-order valence-corrected chi connectivity index (χ4v) is 4.08. The number of thioether (sulfide) groups is 1. The molecule has 1 saturated carbocycles. The van der Waals surface area contributed by atoms with Crippen molar-refractivity contribution in [3.63, 3.8) is 0 Å². The quantitative estimate of drug-likeness (QED) is 0.679. The van der Waals surface area contributed by atoms with Gasteiger partial charge in [0.2, 0.25) is 0 Å². The van der Waals surface area contributed by atoms with Crippen LogP contribution in [0.1, 0.15) is 25.7 Å². The molecule has 0 radical (unpaired) electrons. The van der Waals surface area contributed by atoms with Crippen molar-refractivity contribution in [2.75, 3.05) is 5.75 Å². The maximum Gasteiger partial charge on any atom is 0.253 e. The number of nitrogens with one attached hydrogen (secondary N) is 1. The highest BCUT2D eigenvalue weighted by Gasteiger charge is 2.17. The highest BCUT2D eigenvalue weighted by Crippen LogP contribution is 2.29. The predicted octanol–water partition coefficient (Wildman–Crippen LogP) is 3.38. The van der Waals surface area contributed by atoms with Gasteiger partial charge in [-0.15, -0.1) is 11.3 Å². The van der Waals surface area contributed by atoms with Crippen LogP contribution in [0.2, 0.25) is 0 Å². The van der Waals surface area contributed by atoms with Crippen LogP contribution < -0.4 is 5.48 Å². The first kappa shape index (κ1) is 13.9. The van der Waals surface area contributed by atoms with E-state index in [1.807, 2.05) is 24.3 Å². The van der Waals surface area contributed by atoms with Crippen LogP contribution in [0.5, 0.6) is 0 Å². The maximum atomic E-state index is 11.7. The van der Waals surface area contributed by atoms with Gasteiger partial charge in [-0.25, -0.2) is 10.5 Å². The van der Waals surface area contributed by atoms with E-state index in [1.165, 1.54) is 24.6 Å². The summed E-state index contributed by atoms with van der Waals surface area (Å²) in [6.45, 7) is 0. The molecular weight excluding hydrogens is 292 g/mol. The minimum atomic E-state index is -0.0962. The van der Waals surface area contributed by atoms with Gasteiger partial charge < -0.3 is 0 Å². The van der Waals surface area contributed by atoms with E-state index in [1.54, 1.807) is 11.3 Å². The van der Waals surface area contributed by atoms with Gasteiger partial charge in [0.25, 0.3) is 5.91 Å². The van der Waals surface area contributed by atoms with E-state index in [0.717, 1.165) is 27.4 Å². The molecule has 1 amide bonds. The molecule has 1 heterocycles. The van der Waals surface area contributed by atoms with Gasteiger partial charge in [-0.1, -0.05) is 36.7 Å².